The molecule has 0 spiro atoms. The molecule has 106 valence electrons. The van der Waals surface area contributed by atoms with Gasteiger partial charge in [-0.1, -0.05) is 19.8 Å². The fourth-order valence-corrected chi connectivity index (χ4v) is 2.48. The summed E-state index contributed by atoms with van der Waals surface area (Å²) in [6, 6.07) is 1.79. The Morgan fingerprint density at radius 1 is 1.32 bits per heavy atom. The summed E-state index contributed by atoms with van der Waals surface area (Å²) in [5.74, 6) is 7.83. The summed E-state index contributed by atoms with van der Waals surface area (Å²) in [4.78, 5) is 8.65. The highest BCUT2D eigenvalue weighted by Crippen LogP contribution is 2.24. The molecule has 1 fully saturated rings. The Hall–Kier alpha value is -1.40. The van der Waals surface area contributed by atoms with Crippen LogP contribution in [-0.4, -0.2) is 27.7 Å². The molecule has 5 N–H and O–H groups in total. The van der Waals surface area contributed by atoms with Crippen LogP contribution in [0.25, 0.3) is 0 Å². The summed E-state index contributed by atoms with van der Waals surface area (Å²) >= 11 is 0. The van der Waals surface area contributed by atoms with E-state index in [1.165, 1.54) is 6.42 Å². The van der Waals surface area contributed by atoms with Gasteiger partial charge in [-0.25, -0.2) is 15.8 Å². The maximum absolute atomic E-state index is 9.94. The minimum Gasteiger partial charge on any atom is -0.393 e. The molecule has 1 aromatic heterocycles. The normalized spacial score (nSPS) is 23.1. The van der Waals surface area contributed by atoms with Crippen LogP contribution in [-0.2, 0) is 6.42 Å². The number of aliphatic hydroxyl groups excluding tert-OH is 1. The van der Waals surface area contributed by atoms with Gasteiger partial charge in [0.1, 0.15) is 17.5 Å². The lowest BCUT2D eigenvalue weighted by Gasteiger charge is -2.27. The summed E-state index contributed by atoms with van der Waals surface area (Å²) in [6.07, 6.45) is 4.88. The van der Waals surface area contributed by atoms with Crippen molar-refractivity contribution in [2.24, 2.45) is 11.8 Å². The number of aryl methyl sites for hydroxylation is 1. The molecule has 2 atom stereocenters. The largest absolute Gasteiger partial charge is 0.393 e. The minimum absolute atomic E-state index is 0.194. The first-order valence-electron chi connectivity index (χ1n) is 6.99. The monoisotopic (exact) mass is 265 g/mol. The zero-order valence-electron chi connectivity index (χ0n) is 11.4. The van der Waals surface area contributed by atoms with Gasteiger partial charge in [-0.2, -0.15) is 0 Å². The molecule has 1 heterocycles. The highest BCUT2D eigenvalue weighted by molar-refractivity contribution is 5.46. The molecule has 0 aliphatic heterocycles. The van der Waals surface area contributed by atoms with Gasteiger partial charge >= 0.3 is 0 Å². The lowest BCUT2D eigenvalue weighted by molar-refractivity contribution is 0.0763. The van der Waals surface area contributed by atoms with Gasteiger partial charge in [-0.15, -0.1) is 0 Å². The van der Waals surface area contributed by atoms with E-state index in [0.29, 0.717) is 11.7 Å². The fourth-order valence-electron chi connectivity index (χ4n) is 2.48. The number of nitrogen functional groups attached to an aromatic ring is 1. The molecular weight excluding hydrogens is 242 g/mol. The van der Waals surface area contributed by atoms with E-state index >= 15 is 0 Å². The smallest absolute Gasteiger partial charge is 0.145 e. The van der Waals surface area contributed by atoms with E-state index in [4.69, 9.17) is 5.84 Å². The van der Waals surface area contributed by atoms with Crippen LogP contribution < -0.4 is 16.6 Å². The number of aromatic nitrogens is 2. The Morgan fingerprint density at radius 2 is 2.05 bits per heavy atom. The second-order valence-electron chi connectivity index (χ2n) is 5.05. The molecule has 2 unspecified atom stereocenters. The molecule has 6 heteroatoms. The summed E-state index contributed by atoms with van der Waals surface area (Å²) < 4.78 is 0. The minimum atomic E-state index is -0.194. The van der Waals surface area contributed by atoms with E-state index in [2.05, 4.69) is 20.7 Å². The van der Waals surface area contributed by atoms with Gasteiger partial charge in [0.05, 0.1) is 6.10 Å². The van der Waals surface area contributed by atoms with Crippen molar-refractivity contribution in [3.05, 3.63) is 11.9 Å². The quantitative estimate of drug-likeness (QED) is 0.473. The van der Waals surface area contributed by atoms with Crippen LogP contribution in [0.15, 0.2) is 6.07 Å². The number of hydrogen-bond acceptors (Lipinski definition) is 6. The van der Waals surface area contributed by atoms with Crippen LogP contribution in [0.4, 0.5) is 11.6 Å². The van der Waals surface area contributed by atoms with E-state index in [-0.39, 0.29) is 6.10 Å². The Balaban J connectivity index is 1.98. The van der Waals surface area contributed by atoms with Crippen LogP contribution >= 0.6 is 0 Å². The fraction of sp³-hybridized carbons (Fsp3) is 0.692. The third-order valence-corrected chi connectivity index (χ3v) is 3.65. The van der Waals surface area contributed by atoms with E-state index in [1.807, 2.05) is 6.92 Å². The maximum Gasteiger partial charge on any atom is 0.145 e. The number of nitrogens with two attached hydrogens (primary N) is 1. The van der Waals surface area contributed by atoms with Gasteiger partial charge in [0, 0.05) is 24.9 Å². The number of hydrogen-bond donors (Lipinski definition) is 4. The molecule has 2 rings (SSSR count). The van der Waals surface area contributed by atoms with Crippen molar-refractivity contribution in [3.63, 3.8) is 0 Å². The predicted octanol–water partition coefficient (Wildman–Crippen LogP) is 1.29. The molecule has 19 heavy (non-hydrogen) atoms. The third-order valence-electron chi connectivity index (χ3n) is 3.65. The number of rotatable bonds is 5. The van der Waals surface area contributed by atoms with Crippen molar-refractivity contribution in [3.8, 4) is 0 Å². The van der Waals surface area contributed by atoms with Crippen LogP contribution in [0.5, 0.6) is 0 Å². The van der Waals surface area contributed by atoms with Gasteiger partial charge in [0.2, 0.25) is 0 Å². The first-order valence-corrected chi connectivity index (χ1v) is 6.99. The van der Waals surface area contributed by atoms with Crippen molar-refractivity contribution in [2.75, 3.05) is 17.3 Å². The number of hydrazine groups is 1. The first kappa shape index (κ1) is 14.0. The first-order chi connectivity index (χ1) is 9.22. The second-order valence-corrected chi connectivity index (χ2v) is 5.05. The molecule has 0 amide bonds. The average molecular weight is 265 g/mol. The SMILES string of the molecule is CCc1nc(NN)cc(NCC2CCCCC2O)n1. The number of nitrogens with one attached hydrogen (secondary N) is 2. The predicted molar refractivity (Wildman–Crippen MR) is 75.7 cm³/mol. The lowest BCUT2D eigenvalue weighted by Crippen LogP contribution is -2.30. The zero-order chi connectivity index (χ0) is 13.7. The van der Waals surface area contributed by atoms with Gasteiger partial charge in [-0.3, -0.25) is 0 Å². The number of anilines is 2. The van der Waals surface area contributed by atoms with Gasteiger partial charge in [0.15, 0.2) is 0 Å². The Morgan fingerprint density at radius 3 is 2.74 bits per heavy atom. The molecule has 1 aliphatic rings. The summed E-state index contributed by atoms with van der Waals surface area (Å²) in [6.45, 7) is 2.75. The molecule has 0 aromatic carbocycles. The molecule has 1 aliphatic carbocycles. The molecule has 0 saturated heterocycles. The lowest BCUT2D eigenvalue weighted by atomic mass is 9.86. The van der Waals surface area contributed by atoms with Crippen LogP contribution in [0.3, 0.4) is 0 Å². The highest BCUT2D eigenvalue weighted by atomic mass is 16.3. The zero-order valence-corrected chi connectivity index (χ0v) is 11.4. The maximum atomic E-state index is 9.94. The molecule has 0 radical (unpaired) electrons. The number of nitrogens with zero attached hydrogens (tertiary/aromatic N) is 2. The van der Waals surface area contributed by atoms with Gasteiger partial charge < -0.3 is 15.8 Å². The molecule has 0 bridgehead atoms. The number of aliphatic hydroxyl groups is 1. The van der Waals surface area contributed by atoms with Gasteiger partial charge in [-0.05, 0) is 12.8 Å². The standard InChI is InChI=1S/C13H23N5O/c1-2-11-16-12(7-13(17-11)18-14)15-8-9-5-3-4-6-10(9)19/h7,9-10,19H,2-6,8,14H2,1H3,(H2,15,16,17,18). The van der Waals surface area contributed by atoms with E-state index in [1.54, 1.807) is 6.07 Å². The Bertz CT molecular complexity index is 390. The Labute approximate surface area is 113 Å². The van der Waals surface area contributed by atoms with Gasteiger partial charge in [0.25, 0.3) is 0 Å². The summed E-state index contributed by atoms with van der Waals surface area (Å²) in [5.41, 5.74) is 2.55. The van der Waals surface area contributed by atoms with Crippen molar-refractivity contribution in [1.82, 2.24) is 9.97 Å². The molecular formula is C13H23N5O. The van der Waals surface area contributed by atoms with Crippen LogP contribution in [0, 0.1) is 5.92 Å². The summed E-state index contributed by atoms with van der Waals surface area (Å²) in [5, 5.41) is 13.2. The van der Waals surface area contributed by atoms with Crippen molar-refractivity contribution >= 4 is 11.6 Å². The van der Waals surface area contributed by atoms with Crippen molar-refractivity contribution in [2.45, 2.75) is 45.1 Å². The topological polar surface area (TPSA) is 96.1 Å². The second kappa shape index (κ2) is 6.68. The third kappa shape index (κ3) is 3.78. The molecule has 6 nitrogen and oxygen atoms in total. The molecule has 1 saturated carbocycles. The van der Waals surface area contributed by atoms with E-state index in [9.17, 15) is 5.11 Å². The Kier molecular flexibility index (Phi) is 4.93. The highest BCUT2D eigenvalue weighted by Gasteiger charge is 2.22. The van der Waals surface area contributed by atoms with E-state index < -0.39 is 0 Å². The van der Waals surface area contributed by atoms with Crippen LogP contribution in [0.2, 0.25) is 0 Å². The summed E-state index contributed by atoms with van der Waals surface area (Å²) in [7, 11) is 0. The van der Waals surface area contributed by atoms with Crippen molar-refractivity contribution < 1.29 is 5.11 Å². The van der Waals surface area contributed by atoms with Crippen molar-refractivity contribution in [1.29, 1.82) is 0 Å². The van der Waals surface area contributed by atoms with E-state index in [0.717, 1.165) is 43.9 Å². The average Bonchev–Trinajstić information content (AvgIpc) is 2.46. The van der Waals surface area contributed by atoms with Crippen LogP contribution in [0.1, 0.15) is 38.4 Å². The molecule has 1 aromatic rings.